The second-order valence-electron chi connectivity index (χ2n) is 8.87. The highest BCUT2D eigenvalue weighted by molar-refractivity contribution is 7.89. The van der Waals surface area contributed by atoms with Crippen molar-refractivity contribution in [3.8, 4) is 0 Å². The zero-order valence-electron chi connectivity index (χ0n) is 19.0. The van der Waals surface area contributed by atoms with Gasteiger partial charge in [0.2, 0.25) is 10.0 Å². The van der Waals surface area contributed by atoms with Crippen LogP contribution in [0, 0.1) is 0 Å². The van der Waals surface area contributed by atoms with Gasteiger partial charge in [0.1, 0.15) is 5.76 Å². The first-order valence-electron chi connectivity index (χ1n) is 11.7. The third kappa shape index (κ3) is 4.66. The number of nitrogens with zero attached hydrogens (tertiary/aromatic N) is 2. The van der Waals surface area contributed by atoms with Gasteiger partial charge in [-0.15, -0.1) is 0 Å². The molecule has 0 spiro atoms. The maximum absolute atomic E-state index is 13.3. The van der Waals surface area contributed by atoms with E-state index in [1.807, 2.05) is 36.4 Å². The van der Waals surface area contributed by atoms with Gasteiger partial charge < -0.3 is 9.73 Å². The lowest BCUT2D eigenvalue weighted by Gasteiger charge is -2.28. The van der Waals surface area contributed by atoms with E-state index in [1.165, 1.54) is 15.9 Å². The van der Waals surface area contributed by atoms with Crippen molar-refractivity contribution >= 4 is 15.9 Å². The molecule has 2 aromatic carbocycles. The molecular formula is C26H29N3O4S. The molecule has 1 amide bonds. The van der Waals surface area contributed by atoms with Gasteiger partial charge in [-0.1, -0.05) is 30.3 Å². The van der Waals surface area contributed by atoms with Crippen molar-refractivity contribution in [2.24, 2.45) is 0 Å². The quantitative estimate of drug-likeness (QED) is 0.560. The highest BCUT2D eigenvalue weighted by atomic mass is 32.2. The minimum Gasteiger partial charge on any atom is -0.468 e. The predicted octanol–water partition coefficient (Wildman–Crippen LogP) is 3.59. The molecule has 7 nitrogen and oxygen atoms in total. The number of likely N-dealkylation sites (tertiary alicyclic amines) is 1. The maximum Gasteiger partial charge on any atom is 0.251 e. The SMILES string of the molecule is O=C(NC[C@H](c1ccco1)N1CCCC1)c1cccc(S(=O)(=O)N2CCc3ccccc3C2)c1. The molecule has 178 valence electrons. The fraction of sp³-hybridized carbons (Fsp3) is 0.346. The molecule has 0 saturated carbocycles. The van der Waals surface area contributed by atoms with Crippen LogP contribution in [0.2, 0.25) is 0 Å². The normalized spacial score (nSPS) is 17.9. The minimum absolute atomic E-state index is 0.0400. The van der Waals surface area contributed by atoms with Gasteiger partial charge in [0, 0.05) is 25.2 Å². The summed E-state index contributed by atoms with van der Waals surface area (Å²) in [6, 6.07) is 18.0. The van der Waals surface area contributed by atoms with Gasteiger partial charge in [0.05, 0.1) is 17.2 Å². The number of hydrogen-bond acceptors (Lipinski definition) is 5. The molecule has 1 aromatic heterocycles. The number of carbonyl (C=O) groups excluding carboxylic acids is 1. The van der Waals surface area contributed by atoms with E-state index in [0.717, 1.165) is 37.3 Å². The van der Waals surface area contributed by atoms with Crippen LogP contribution in [-0.2, 0) is 23.0 Å². The number of benzene rings is 2. The molecule has 1 atom stereocenters. The topological polar surface area (TPSA) is 82.9 Å². The Morgan fingerprint density at radius 2 is 1.76 bits per heavy atom. The Labute approximate surface area is 200 Å². The Hall–Kier alpha value is -2.94. The van der Waals surface area contributed by atoms with Crippen LogP contribution in [0.25, 0.3) is 0 Å². The molecule has 1 N–H and O–H groups in total. The Balaban J connectivity index is 1.30. The molecule has 0 radical (unpaired) electrons. The van der Waals surface area contributed by atoms with E-state index in [0.29, 0.717) is 31.6 Å². The molecular weight excluding hydrogens is 450 g/mol. The van der Waals surface area contributed by atoms with Gasteiger partial charge in [-0.25, -0.2) is 8.42 Å². The van der Waals surface area contributed by atoms with Crippen molar-refractivity contribution < 1.29 is 17.6 Å². The number of carbonyl (C=O) groups is 1. The molecule has 8 heteroatoms. The van der Waals surface area contributed by atoms with Crippen LogP contribution in [0.1, 0.15) is 46.1 Å². The first-order chi connectivity index (χ1) is 16.5. The van der Waals surface area contributed by atoms with E-state index in [4.69, 9.17) is 4.42 Å². The van der Waals surface area contributed by atoms with Gasteiger partial charge in [0.25, 0.3) is 5.91 Å². The van der Waals surface area contributed by atoms with Crippen LogP contribution < -0.4 is 5.32 Å². The van der Waals surface area contributed by atoms with Crippen LogP contribution in [0.5, 0.6) is 0 Å². The molecule has 0 aliphatic carbocycles. The van der Waals surface area contributed by atoms with Crippen LogP contribution in [-0.4, -0.2) is 49.7 Å². The number of sulfonamides is 1. The third-order valence-electron chi connectivity index (χ3n) is 6.74. The predicted molar refractivity (Wildman–Crippen MR) is 129 cm³/mol. The number of hydrogen-bond donors (Lipinski definition) is 1. The van der Waals surface area contributed by atoms with Crippen molar-refractivity contribution in [3.63, 3.8) is 0 Å². The maximum atomic E-state index is 13.3. The first kappa shape index (κ1) is 22.8. The Morgan fingerprint density at radius 3 is 2.53 bits per heavy atom. The second-order valence-corrected chi connectivity index (χ2v) is 10.8. The average molecular weight is 480 g/mol. The van der Waals surface area contributed by atoms with Gasteiger partial charge in [-0.2, -0.15) is 4.31 Å². The van der Waals surface area contributed by atoms with Crippen LogP contribution in [0.15, 0.2) is 76.2 Å². The lowest BCUT2D eigenvalue weighted by molar-refractivity contribution is 0.0933. The zero-order valence-corrected chi connectivity index (χ0v) is 19.8. The number of fused-ring (bicyclic) bond motifs is 1. The van der Waals surface area contributed by atoms with Gasteiger partial charge >= 0.3 is 0 Å². The summed E-state index contributed by atoms with van der Waals surface area (Å²) in [5.41, 5.74) is 2.54. The summed E-state index contributed by atoms with van der Waals surface area (Å²) >= 11 is 0. The summed E-state index contributed by atoms with van der Waals surface area (Å²) in [6.45, 7) is 3.10. The van der Waals surface area contributed by atoms with Crippen molar-refractivity contribution in [3.05, 3.63) is 89.4 Å². The molecule has 2 aliphatic rings. The monoisotopic (exact) mass is 479 g/mol. The minimum atomic E-state index is -3.71. The van der Waals surface area contributed by atoms with Crippen molar-refractivity contribution in [1.82, 2.24) is 14.5 Å². The Morgan fingerprint density at radius 1 is 0.971 bits per heavy atom. The standard InChI is InChI=1S/C26H29N3O4S/c30-26(27-18-24(25-11-6-16-33-25)28-13-3-4-14-28)21-9-5-10-23(17-21)34(31,32)29-15-12-20-7-1-2-8-22(20)19-29/h1-2,5-11,16-17,24H,3-4,12-15,18-19H2,(H,27,30)/t24-/m1/s1. The summed E-state index contributed by atoms with van der Waals surface area (Å²) < 4.78 is 33.8. The molecule has 2 aliphatic heterocycles. The smallest absolute Gasteiger partial charge is 0.251 e. The first-order valence-corrected chi connectivity index (χ1v) is 13.2. The van der Waals surface area contributed by atoms with E-state index in [2.05, 4.69) is 10.2 Å². The molecule has 0 unspecified atom stereocenters. The second kappa shape index (κ2) is 9.74. The Kier molecular flexibility index (Phi) is 6.54. The lowest BCUT2D eigenvalue weighted by Crippen LogP contribution is -2.37. The highest BCUT2D eigenvalue weighted by Gasteiger charge is 2.29. The summed E-state index contributed by atoms with van der Waals surface area (Å²) in [5, 5.41) is 2.99. The van der Waals surface area contributed by atoms with Crippen molar-refractivity contribution in [2.45, 2.75) is 36.7 Å². The van der Waals surface area contributed by atoms with Gasteiger partial charge in [-0.05, 0) is 73.8 Å². The molecule has 1 saturated heterocycles. The summed E-state index contributed by atoms with van der Waals surface area (Å²) in [4.78, 5) is 15.4. The van der Waals surface area contributed by atoms with Gasteiger partial charge in [0.15, 0.2) is 0 Å². The van der Waals surface area contributed by atoms with E-state index in [9.17, 15) is 13.2 Å². The van der Waals surface area contributed by atoms with Crippen LogP contribution >= 0.6 is 0 Å². The summed E-state index contributed by atoms with van der Waals surface area (Å²) in [5.74, 6) is 0.528. The summed E-state index contributed by atoms with van der Waals surface area (Å²) in [6.07, 6.45) is 4.59. The van der Waals surface area contributed by atoms with E-state index in [1.54, 1.807) is 24.5 Å². The number of nitrogens with one attached hydrogen (secondary N) is 1. The van der Waals surface area contributed by atoms with Crippen molar-refractivity contribution in [2.75, 3.05) is 26.2 Å². The van der Waals surface area contributed by atoms with Crippen LogP contribution in [0.3, 0.4) is 0 Å². The lowest BCUT2D eigenvalue weighted by atomic mass is 10.0. The van der Waals surface area contributed by atoms with Crippen molar-refractivity contribution in [1.29, 1.82) is 0 Å². The number of amides is 1. The van der Waals surface area contributed by atoms with E-state index >= 15 is 0 Å². The highest BCUT2D eigenvalue weighted by Crippen LogP contribution is 2.27. The molecule has 34 heavy (non-hydrogen) atoms. The molecule has 3 heterocycles. The van der Waals surface area contributed by atoms with E-state index in [-0.39, 0.29) is 16.8 Å². The summed E-state index contributed by atoms with van der Waals surface area (Å²) in [7, 11) is -3.71. The van der Waals surface area contributed by atoms with Crippen LogP contribution in [0.4, 0.5) is 0 Å². The number of furan rings is 1. The zero-order chi connectivity index (χ0) is 23.5. The largest absolute Gasteiger partial charge is 0.468 e. The molecule has 5 rings (SSSR count). The fourth-order valence-corrected chi connectivity index (χ4v) is 6.32. The number of rotatable bonds is 7. The molecule has 0 bridgehead atoms. The molecule has 1 fully saturated rings. The van der Waals surface area contributed by atoms with E-state index < -0.39 is 10.0 Å². The third-order valence-corrected chi connectivity index (χ3v) is 8.58. The van der Waals surface area contributed by atoms with Gasteiger partial charge in [-0.3, -0.25) is 9.69 Å². The Bertz CT molecular complexity index is 1250. The molecule has 3 aromatic rings. The fourth-order valence-electron chi connectivity index (χ4n) is 4.86. The average Bonchev–Trinajstić information content (AvgIpc) is 3.59.